The summed E-state index contributed by atoms with van der Waals surface area (Å²) in [4.78, 5) is 41.0. The Kier molecular flexibility index (Phi) is 6.47. The minimum atomic E-state index is -0.704. The molecule has 0 aliphatic carbocycles. The van der Waals surface area contributed by atoms with E-state index < -0.39 is 17.6 Å². The number of hydrogen-bond donors (Lipinski definition) is 1. The summed E-state index contributed by atoms with van der Waals surface area (Å²) in [5.41, 5.74) is 2.93. The SMILES string of the molecule is CCN(C(=O)c1ccc(NC2=C(Cl)C(=O)N(c3ccc(F)cc3)C2=O)cc1)c1cccc(C)c1. The van der Waals surface area contributed by atoms with Crippen LogP contribution in [-0.2, 0) is 9.59 Å². The van der Waals surface area contributed by atoms with Gasteiger partial charge in [-0.15, -0.1) is 0 Å². The summed E-state index contributed by atoms with van der Waals surface area (Å²) < 4.78 is 13.2. The molecule has 0 atom stereocenters. The number of carbonyl (C=O) groups is 3. The van der Waals surface area contributed by atoms with Crippen molar-refractivity contribution < 1.29 is 18.8 Å². The van der Waals surface area contributed by atoms with Gasteiger partial charge in [-0.1, -0.05) is 23.7 Å². The number of anilines is 3. The number of amides is 3. The van der Waals surface area contributed by atoms with E-state index >= 15 is 0 Å². The minimum Gasteiger partial charge on any atom is -0.350 e. The van der Waals surface area contributed by atoms with E-state index in [0.717, 1.165) is 28.3 Å². The number of rotatable bonds is 6. The molecular formula is C26H21ClFN3O3. The number of aryl methyl sites for hydroxylation is 1. The zero-order valence-electron chi connectivity index (χ0n) is 18.5. The van der Waals surface area contributed by atoms with Crippen LogP contribution in [0.1, 0.15) is 22.8 Å². The summed E-state index contributed by atoms with van der Waals surface area (Å²) >= 11 is 6.14. The summed E-state index contributed by atoms with van der Waals surface area (Å²) in [7, 11) is 0. The van der Waals surface area contributed by atoms with Crippen LogP contribution in [0.25, 0.3) is 0 Å². The number of carbonyl (C=O) groups excluding carboxylic acids is 3. The molecule has 34 heavy (non-hydrogen) atoms. The minimum absolute atomic E-state index is 0.0926. The zero-order chi connectivity index (χ0) is 24.4. The molecule has 3 amide bonds. The van der Waals surface area contributed by atoms with Gasteiger partial charge in [0.2, 0.25) is 0 Å². The van der Waals surface area contributed by atoms with E-state index in [-0.39, 0.29) is 22.3 Å². The molecule has 3 aromatic carbocycles. The van der Waals surface area contributed by atoms with E-state index in [1.165, 1.54) is 12.1 Å². The first-order valence-corrected chi connectivity index (χ1v) is 11.0. The van der Waals surface area contributed by atoms with Crippen molar-refractivity contribution >= 4 is 46.4 Å². The third-order valence-corrected chi connectivity index (χ3v) is 5.74. The maximum Gasteiger partial charge on any atom is 0.283 e. The Morgan fingerprint density at radius 3 is 2.29 bits per heavy atom. The van der Waals surface area contributed by atoms with Gasteiger partial charge in [0.1, 0.15) is 16.5 Å². The van der Waals surface area contributed by atoms with Gasteiger partial charge >= 0.3 is 0 Å². The Morgan fingerprint density at radius 1 is 1.00 bits per heavy atom. The predicted molar refractivity (Wildman–Crippen MR) is 130 cm³/mol. The molecule has 172 valence electrons. The molecule has 0 saturated carbocycles. The molecule has 0 aromatic heterocycles. The highest BCUT2D eigenvalue weighted by Crippen LogP contribution is 2.30. The van der Waals surface area contributed by atoms with Crippen molar-refractivity contribution in [2.24, 2.45) is 0 Å². The maximum absolute atomic E-state index is 13.2. The highest BCUT2D eigenvalue weighted by Gasteiger charge is 2.39. The highest BCUT2D eigenvalue weighted by molar-refractivity contribution is 6.53. The van der Waals surface area contributed by atoms with Gasteiger partial charge in [0.05, 0.1) is 5.69 Å². The lowest BCUT2D eigenvalue weighted by atomic mass is 10.1. The van der Waals surface area contributed by atoms with Crippen molar-refractivity contribution in [3.05, 3.63) is 100 Å². The Bertz CT molecular complexity index is 1300. The van der Waals surface area contributed by atoms with Gasteiger partial charge in [0, 0.05) is 23.5 Å². The Labute approximate surface area is 201 Å². The van der Waals surface area contributed by atoms with Crippen molar-refractivity contribution in [3.8, 4) is 0 Å². The molecule has 0 radical (unpaired) electrons. The summed E-state index contributed by atoms with van der Waals surface area (Å²) in [5, 5.41) is 2.59. The van der Waals surface area contributed by atoms with Gasteiger partial charge < -0.3 is 10.2 Å². The average Bonchev–Trinajstić information content (AvgIpc) is 3.04. The van der Waals surface area contributed by atoms with Crippen LogP contribution in [0, 0.1) is 12.7 Å². The first kappa shape index (κ1) is 23.2. The fraction of sp³-hybridized carbons (Fsp3) is 0.115. The molecule has 8 heteroatoms. The first-order valence-electron chi connectivity index (χ1n) is 10.6. The van der Waals surface area contributed by atoms with Crippen molar-refractivity contribution in [1.29, 1.82) is 0 Å². The lowest BCUT2D eigenvalue weighted by Gasteiger charge is -2.21. The number of imide groups is 1. The van der Waals surface area contributed by atoms with E-state index in [1.54, 1.807) is 29.2 Å². The Hall–Kier alpha value is -3.97. The number of hydrogen-bond acceptors (Lipinski definition) is 4. The Morgan fingerprint density at radius 2 is 1.68 bits per heavy atom. The van der Waals surface area contributed by atoms with Crippen LogP contribution >= 0.6 is 11.6 Å². The molecule has 1 heterocycles. The fourth-order valence-electron chi connectivity index (χ4n) is 3.67. The van der Waals surface area contributed by atoms with Crippen molar-refractivity contribution in [3.63, 3.8) is 0 Å². The second kappa shape index (κ2) is 9.49. The molecule has 0 saturated heterocycles. The zero-order valence-corrected chi connectivity index (χ0v) is 19.3. The van der Waals surface area contributed by atoms with Gasteiger partial charge in [0.15, 0.2) is 0 Å². The molecule has 1 aliphatic heterocycles. The van der Waals surface area contributed by atoms with Crippen molar-refractivity contribution in [2.45, 2.75) is 13.8 Å². The number of nitrogens with zero attached hydrogens (tertiary/aromatic N) is 2. The average molecular weight is 478 g/mol. The third kappa shape index (κ3) is 4.43. The molecule has 0 spiro atoms. The lowest BCUT2D eigenvalue weighted by Crippen LogP contribution is -2.32. The van der Waals surface area contributed by atoms with Crippen LogP contribution in [0.3, 0.4) is 0 Å². The van der Waals surface area contributed by atoms with Crippen LogP contribution < -0.4 is 15.1 Å². The molecule has 4 rings (SSSR count). The van der Waals surface area contributed by atoms with Gasteiger partial charge in [-0.05, 0) is 80.1 Å². The molecule has 3 aromatic rings. The van der Waals surface area contributed by atoms with E-state index in [2.05, 4.69) is 5.32 Å². The Balaban J connectivity index is 1.52. The van der Waals surface area contributed by atoms with E-state index in [4.69, 9.17) is 11.6 Å². The number of benzene rings is 3. The standard InChI is InChI=1S/C26H21ClFN3O3/c1-3-30(21-6-4-5-16(2)15-21)24(32)17-7-11-19(12-8-17)29-23-22(27)25(33)31(26(23)34)20-13-9-18(28)10-14-20/h4-15,29H,3H2,1-2H3. The molecule has 1 N–H and O–H groups in total. The molecular weight excluding hydrogens is 457 g/mol. The van der Waals surface area contributed by atoms with Gasteiger partial charge in [-0.25, -0.2) is 9.29 Å². The first-order chi connectivity index (χ1) is 16.3. The van der Waals surface area contributed by atoms with E-state index in [0.29, 0.717) is 17.8 Å². The van der Waals surface area contributed by atoms with Gasteiger partial charge in [-0.3, -0.25) is 14.4 Å². The maximum atomic E-state index is 13.2. The predicted octanol–water partition coefficient (Wildman–Crippen LogP) is 5.24. The second-order valence-corrected chi connectivity index (χ2v) is 8.08. The number of nitrogens with one attached hydrogen (secondary N) is 1. The normalized spacial score (nSPS) is 13.5. The quantitative estimate of drug-likeness (QED) is 0.493. The topological polar surface area (TPSA) is 69.7 Å². The van der Waals surface area contributed by atoms with Gasteiger partial charge in [-0.2, -0.15) is 0 Å². The van der Waals surface area contributed by atoms with Crippen LogP contribution in [0.15, 0.2) is 83.5 Å². The summed E-state index contributed by atoms with van der Waals surface area (Å²) in [6.07, 6.45) is 0. The van der Waals surface area contributed by atoms with Crippen LogP contribution in [0.4, 0.5) is 21.5 Å². The smallest absolute Gasteiger partial charge is 0.283 e. The highest BCUT2D eigenvalue weighted by atomic mass is 35.5. The summed E-state index contributed by atoms with van der Waals surface area (Å²) in [6.45, 7) is 4.37. The van der Waals surface area contributed by atoms with Crippen LogP contribution in [-0.4, -0.2) is 24.3 Å². The molecule has 1 aliphatic rings. The van der Waals surface area contributed by atoms with Crippen LogP contribution in [0.5, 0.6) is 0 Å². The largest absolute Gasteiger partial charge is 0.350 e. The van der Waals surface area contributed by atoms with E-state index in [9.17, 15) is 18.8 Å². The summed E-state index contributed by atoms with van der Waals surface area (Å²) in [5.74, 6) is -2.01. The summed E-state index contributed by atoms with van der Waals surface area (Å²) in [6, 6.07) is 19.2. The molecule has 0 fully saturated rings. The fourth-order valence-corrected chi connectivity index (χ4v) is 3.88. The molecule has 0 unspecified atom stereocenters. The van der Waals surface area contributed by atoms with E-state index in [1.807, 2.05) is 38.1 Å². The van der Waals surface area contributed by atoms with Gasteiger partial charge in [0.25, 0.3) is 17.7 Å². The van der Waals surface area contributed by atoms with Crippen LogP contribution in [0.2, 0.25) is 0 Å². The third-order valence-electron chi connectivity index (χ3n) is 5.39. The van der Waals surface area contributed by atoms with Crippen molar-refractivity contribution in [2.75, 3.05) is 21.7 Å². The molecule has 0 bridgehead atoms. The van der Waals surface area contributed by atoms with Crippen molar-refractivity contribution in [1.82, 2.24) is 0 Å². The lowest BCUT2D eigenvalue weighted by molar-refractivity contribution is -0.120. The number of halogens is 2. The molecule has 6 nitrogen and oxygen atoms in total. The monoisotopic (exact) mass is 477 g/mol. The second-order valence-electron chi connectivity index (χ2n) is 7.70.